The van der Waals surface area contributed by atoms with Crippen LogP contribution in [-0.4, -0.2) is 67.4 Å². The minimum atomic E-state index is -3.23. The van der Waals surface area contributed by atoms with Crippen LogP contribution in [0.5, 0.6) is 0 Å². The number of sulfonamides is 1. The van der Waals surface area contributed by atoms with Crippen molar-refractivity contribution < 1.29 is 18.1 Å². The number of nitro groups is 1. The number of benzene rings is 1. The van der Waals surface area contributed by atoms with Crippen LogP contribution in [-0.2, 0) is 14.8 Å². The lowest BCUT2D eigenvalue weighted by Gasteiger charge is -2.35. The molecule has 144 valence electrons. The molecule has 1 amide bonds. The number of hydrogen-bond acceptors (Lipinski definition) is 6. The molecule has 0 atom stereocenters. The SMILES string of the molecule is Cc1ccc(NC(=O)CN2CCC(N(C)S(C)(=O)=O)CC2)c([N+](=O)[O-])c1. The van der Waals surface area contributed by atoms with Crippen molar-refractivity contribution in [1.82, 2.24) is 9.21 Å². The van der Waals surface area contributed by atoms with Crippen molar-refractivity contribution in [2.75, 3.05) is 38.3 Å². The van der Waals surface area contributed by atoms with Gasteiger partial charge in [0.05, 0.1) is 17.7 Å². The van der Waals surface area contributed by atoms with Gasteiger partial charge in [0.2, 0.25) is 15.9 Å². The van der Waals surface area contributed by atoms with Crippen LogP contribution >= 0.6 is 0 Å². The third-order valence-corrected chi connectivity index (χ3v) is 5.93. The van der Waals surface area contributed by atoms with Crippen molar-refractivity contribution in [2.24, 2.45) is 0 Å². The lowest BCUT2D eigenvalue weighted by molar-refractivity contribution is -0.384. The first-order chi connectivity index (χ1) is 12.1. The minimum Gasteiger partial charge on any atom is -0.319 e. The number of rotatable bonds is 6. The van der Waals surface area contributed by atoms with Gasteiger partial charge < -0.3 is 5.32 Å². The summed E-state index contributed by atoms with van der Waals surface area (Å²) in [6.45, 7) is 3.04. The number of carbonyl (C=O) groups is 1. The molecule has 1 aromatic carbocycles. The van der Waals surface area contributed by atoms with Crippen LogP contribution in [0.4, 0.5) is 11.4 Å². The second-order valence-electron chi connectivity index (χ2n) is 6.61. The van der Waals surface area contributed by atoms with Gasteiger partial charge in [-0.3, -0.25) is 19.8 Å². The topological polar surface area (TPSA) is 113 Å². The molecule has 0 spiro atoms. The number of nitrogens with one attached hydrogen (secondary N) is 1. The Kier molecular flexibility index (Phi) is 6.32. The number of anilines is 1. The highest BCUT2D eigenvalue weighted by atomic mass is 32.2. The van der Waals surface area contributed by atoms with E-state index < -0.39 is 14.9 Å². The Morgan fingerprint density at radius 2 is 2.00 bits per heavy atom. The number of piperidine rings is 1. The zero-order chi connectivity index (χ0) is 19.5. The summed E-state index contributed by atoms with van der Waals surface area (Å²) < 4.78 is 24.6. The summed E-state index contributed by atoms with van der Waals surface area (Å²) >= 11 is 0. The van der Waals surface area contributed by atoms with E-state index in [0.29, 0.717) is 25.9 Å². The molecule has 0 bridgehead atoms. The molecule has 2 rings (SSSR count). The van der Waals surface area contributed by atoms with Crippen LogP contribution in [0.2, 0.25) is 0 Å². The summed E-state index contributed by atoms with van der Waals surface area (Å²) in [6, 6.07) is 4.58. The van der Waals surface area contributed by atoms with Crippen molar-refractivity contribution in [3.63, 3.8) is 0 Å². The van der Waals surface area contributed by atoms with E-state index in [9.17, 15) is 23.3 Å². The van der Waals surface area contributed by atoms with Gasteiger partial charge in [-0.2, -0.15) is 0 Å². The minimum absolute atomic E-state index is 0.0671. The van der Waals surface area contributed by atoms with E-state index in [2.05, 4.69) is 5.32 Å². The van der Waals surface area contributed by atoms with Crippen molar-refractivity contribution in [2.45, 2.75) is 25.8 Å². The Morgan fingerprint density at radius 3 is 2.54 bits per heavy atom. The molecule has 10 heteroatoms. The summed E-state index contributed by atoms with van der Waals surface area (Å²) in [5.41, 5.74) is 0.788. The zero-order valence-electron chi connectivity index (χ0n) is 15.1. The number of carbonyl (C=O) groups excluding carboxylic acids is 1. The molecule has 0 aromatic heterocycles. The largest absolute Gasteiger partial charge is 0.319 e. The van der Waals surface area contributed by atoms with Gasteiger partial charge in [-0.05, 0) is 31.4 Å². The first kappa shape index (κ1) is 20.3. The van der Waals surface area contributed by atoms with Gasteiger partial charge in [-0.1, -0.05) is 6.07 Å². The molecule has 1 saturated heterocycles. The molecule has 1 aromatic rings. The molecule has 0 aliphatic carbocycles. The lowest BCUT2D eigenvalue weighted by atomic mass is 10.1. The van der Waals surface area contributed by atoms with Crippen molar-refractivity contribution in [3.8, 4) is 0 Å². The third kappa shape index (κ3) is 5.23. The highest BCUT2D eigenvalue weighted by Crippen LogP contribution is 2.25. The quantitative estimate of drug-likeness (QED) is 0.582. The number of nitro benzene ring substituents is 1. The van der Waals surface area contributed by atoms with E-state index >= 15 is 0 Å². The molecule has 1 heterocycles. The Bertz CT molecular complexity index is 788. The Morgan fingerprint density at radius 1 is 1.38 bits per heavy atom. The summed E-state index contributed by atoms with van der Waals surface area (Å²) in [7, 11) is -1.66. The summed E-state index contributed by atoms with van der Waals surface area (Å²) in [5, 5.41) is 13.7. The molecular weight excluding hydrogens is 360 g/mol. The van der Waals surface area contributed by atoms with E-state index in [-0.39, 0.29) is 29.9 Å². The van der Waals surface area contributed by atoms with Crippen LogP contribution in [0.3, 0.4) is 0 Å². The molecule has 0 unspecified atom stereocenters. The fraction of sp³-hybridized carbons (Fsp3) is 0.562. The summed E-state index contributed by atoms with van der Waals surface area (Å²) in [6.07, 6.45) is 2.46. The predicted molar refractivity (Wildman–Crippen MR) is 98.5 cm³/mol. The maximum Gasteiger partial charge on any atom is 0.293 e. The summed E-state index contributed by atoms with van der Waals surface area (Å²) in [5.74, 6) is -0.327. The van der Waals surface area contributed by atoms with Gasteiger partial charge in [0, 0.05) is 32.2 Å². The van der Waals surface area contributed by atoms with Crippen LogP contribution in [0.1, 0.15) is 18.4 Å². The molecular formula is C16H24N4O5S. The second-order valence-corrected chi connectivity index (χ2v) is 8.65. The first-order valence-electron chi connectivity index (χ1n) is 8.28. The fourth-order valence-corrected chi connectivity index (χ4v) is 3.76. The lowest BCUT2D eigenvalue weighted by Crippen LogP contribution is -2.47. The van der Waals surface area contributed by atoms with E-state index in [0.717, 1.165) is 5.56 Å². The molecule has 9 nitrogen and oxygen atoms in total. The van der Waals surface area contributed by atoms with Gasteiger partial charge >= 0.3 is 0 Å². The third-order valence-electron chi connectivity index (χ3n) is 4.59. The summed E-state index contributed by atoms with van der Waals surface area (Å²) in [4.78, 5) is 24.7. The normalized spacial score (nSPS) is 16.6. The van der Waals surface area contributed by atoms with Gasteiger partial charge in [-0.25, -0.2) is 12.7 Å². The van der Waals surface area contributed by atoms with E-state index in [1.54, 1.807) is 20.0 Å². The second kappa shape index (κ2) is 8.11. The van der Waals surface area contributed by atoms with Crippen LogP contribution in [0.15, 0.2) is 18.2 Å². The Labute approximate surface area is 153 Å². The van der Waals surface area contributed by atoms with Crippen LogP contribution in [0.25, 0.3) is 0 Å². The molecule has 26 heavy (non-hydrogen) atoms. The number of likely N-dealkylation sites (tertiary alicyclic amines) is 1. The highest BCUT2D eigenvalue weighted by Gasteiger charge is 2.28. The van der Waals surface area contributed by atoms with Gasteiger partial charge in [-0.15, -0.1) is 0 Å². The molecule has 1 aliphatic heterocycles. The Balaban J connectivity index is 1.91. The average Bonchev–Trinajstić information content (AvgIpc) is 2.55. The van der Waals surface area contributed by atoms with Crippen molar-refractivity contribution in [3.05, 3.63) is 33.9 Å². The molecule has 1 aliphatic rings. The average molecular weight is 384 g/mol. The smallest absolute Gasteiger partial charge is 0.293 e. The first-order valence-corrected chi connectivity index (χ1v) is 10.1. The Hall–Kier alpha value is -2.04. The fourth-order valence-electron chi connectivity index (χ4n) is 3.00. The molecule has 0 saturated carbocycles. The van der Waals surface area contributed by atoms with E-state index in [1.807, 2.05) is 4.90 Å². The maximum atomic E-state index is 12.2. The highest BCUT2D eigenvalue weighted by molar-refractivity contribution is 7.88. The van der Waals surface area contributed by atoms with Gasteiger partial charge in [0.1, 0.15) is 5.69 Å². The molecule has 1 N–H and O–H groups in total. The number of nitrogens with zero attached hydrogens (tertiary/aromatic N) is 3. The molecule has 0 radical (unpaired) electrons. The zero-order valence-corrected chi connectivity index (χ0v) is 16.0. The van der Waals surface area contributed by atoms with Crippen LogP contribution in [0, 0.1) is 17.0 Å². The number of aryl methyl sites for hydroxylation is 1. The molecule has 1 fully saturated rings. The van der Waals surface area contributed by atoms with E-state index in [4.69, 9.17) is 0 Å². The van der Waals surface area contributed by atoms with Crippen molar-refractivity contribution >= 4 is 27.3 Å². The maximum absolute atomic E-state index is 12.2. The number of hydrogen-bond donors (Lipinski definition) is 1. The van der Waals surface area contributed by atoms with Gasteiger partial charge in [0.15, 0.2) is 0 Å². The van der Waals surface area contributed by atoms with Crippen LogP contribution < -0.4 is 5.32 Å². The van der Waals surface area contributed by atoms with Crippen molar-refractivity contribution in [1.29, 1.82) is 0 Å². The van der Waals surface area contributed by atoms with E-state index in [1.165, 1.54) is 22.7 Å². The monoisotopic (exact) mass is 384 g/mol. The number of amides is 1. The predicted octanol–water partition coefficient (Wildman–Crippen LogP) is 1.20. The standard InChI is InChI=1S/C16H24N4O5S/c1-12-4-5-14(15(10-12)20(22)23)17-16(21)11-19-8-6-13(7-9-19)18(2)26(3,24)25/h4-5,10,13H,6-9,11H2,1-3H3,(H,17,21). The van der Waals surface area contributed by atoms with Gasteiger partial charge in [0.25, 0.3) is 5.69 Å².